The average Bonchev–Trinajstić information content (AvgIpc) is 3.27. The van der Waals surface area contributed by atoms with Crippen molar-refractivity contribution in [2.75, 3.05) is 0 Å². The number of rotatable bonds is 8. The van der Waals surface area contributed by atoms with Crippen molar-refractivity contribution in [1.82, 2.24) is 9.59 Å². The van der Waals surface area contributed by atoms with E-state index in [0.717, 1.165) is 32.1 Å². The van der Waals surface area contributed by atoms with Gasteiger partial charge in [0, 0.05) is 21.4 Å². The van der Waals surface area contributed by atoms with E-state index in [-0.39, 0.29) is 11.7 Å². The highest BCUT2D eigenvalue weighted by Gasteiger charge is 2.29. The maximum Gasteiger partial charge on any atom is 0.128 e. The number of unbranched alkanes of at least 4 members (excludes halogenated alkanes) is 1. The van der Waals surface area contributed by atoms with Crippen LogP contribution in [-0.2, 0) is 6.42 Å². The van der Waals surface area contributed by atoms with E-state index < -0.39 is 0 Å². The molecule has 0 unspecified atom stereocenters. The molecule has 0 amide bonds. The number of hydrogen-bond donors (Lipinski definition) is 0. The largest absolute Gasteiger partial charge is 0.207 e. The monoisotopic (exact) mass is 352 g/mol. The van der Waals surface area contributed by atoms with E-state index in [4.69, 9.17) is 11.6 Å². The van der Waals surface area contributed by atoms with Gasteiger partial charge >= 0.3 is 0 Å². The zero-order valence-electron chi connectivity index (χ0n) is 13.4. The van der Waals surface area contributed by atoms with Crippen molar-refractivity contribution in [3.05, 3.63) is 45.2 Å². The van der Waals surface area contributed by atoms with E-state index >= 15 is 0 Å². The lowest BCUT2D eigenvalue weighted by molar-refractivity contribution is 0.512. The highest BCUT2D eigenvalue weighted by atomic mass is 35.5. The van der Waals surface area contributed by atoms with Gasteiger partial charge in [-0.15, -0.1) is 5.10 Å². The fraction of sp³-hybridized carbons (Fsp3) is 0.556. The van der Waals surface area contributed by atoms with E-state index in [1.54, 1.807) is 12.1 Å². The molecule has 0 spiro atoms. The van der Waals surface area contributed by atoms with E-state index in [1.807, 2.05) is 0 Å². The lowest BCUT2D eigenvalue weighted by Crippen LogP contribution is -2.05. The molecule has 0 bridgehead atoms. The van der Waals surface area contributed by atoms with Crippen LogP contribution in [0.2, 0.25) is 5.02 Å². The second-order valence-corrected chi connectivity index (χ2v) is 7.61. The molecule has 0 radical (unpaired) electrons. The Morgan fingerprint density at radius 3 is 2.87 bits per heavy atom. The van der Waals surface area contributed by atoms with Crippen molar-refractivity contribution in [3.8, 4) is 0 Å². The molecule has 2 nitrogen and oxygen atoms in total. The normalized spacial score (nSPS) is 15.8. The Hall–Kier alpha value is -1.00. The Labute approximate surface area is 146 Å². The number of aromatic nitrogens is 2. The molecule has 1 atom stereocenters. The van der Waals surface area contributed by atoms with Crippen LogP contribution < -0.4 is 0 Å². The van der Waals surface area contributed by atoms with Gasteiger partial charge in [-0.25, -0.2) is 4.39 Å². The minimum Gasteiger partial charge on any atom is -0.207 e. The fourth-order valence-electron chi connectivity index (χ4n) is 3.15. The maximum absolute atomic E-state index is 14.3. The number of aryl methyl sites for hydroxylation is 1. The van der Waals surface area contributed by atoms with Crippen LogP contribution in [0.4, 0.5) is 4.39 Å². The SMILES string of the molecule is CCCC[C@H](CCc1snnc1C1CC1)c1c(F)cccc1Cl. The van der Waals surface area contributed by atoms with Gasteiger partial charge in [0.15, 0.2) is 0 Å². The van der Waals surface area contributed by atoms with Gasteiger partial charge in [-0.3, -0.25) is 0 Å². The molecule has 1 aliphatic rings. The first-order valence-corrected chi connectivity index (χ1v) is 9.60. The molecule has 5 heteroatoms. The van der Waals surface area contributed by atoms with E-state index in [2.05, 4.69) is 16.5 Å². The number of halogens is 2. The molecule has 1 fully saturated rings. The van der Waals surface area contributed by atoms with Gasteiger partial charge in [-0.1, -0.05) is 41.9 Å². The summed E-state index contributed by atoms with van der Waals surface area (Å²) in [5.41, 5.74) is 1.87. The lowest BCUT2D eigenvalue weighted by atomic mass is 9.88. The first-order valence-electron chi connectivity index (χ1n) is 8.45. The number of benzene rings is 1. The van der Waals surface area contributed by atoms with Gasteiger partial charge in [-0.05, 0) is 61.7 Å². The molecule has 0 N–H and O–H groups in total. The van der Waals surface area contributed by atoms with Gasteiger partial charge in [-0.2, -0.15) is 0 Å². The molecular weight excluding hydrogens is 331 g/mol. The van der Waals surface area contributed by atoms with Crippen molar-refractivity contribution in [2.45, 2.75) is 63.7 Å². The van der Waals surface area contributed by atoms with Gasteiger partial charge in [0.25, 0.3) is 0 Å². The predicted octanol–water partition coefficient (Wildman–Crippen LogP) is 6.11. The molecule has 1 heterocycles. The molecule has 2 aromatic rings. The van der Waals surface area contributed by atoms with Crippen LogP contribution in [0.5, 0.6) is 0 Å². The number of hydrogen-bond acceptors (Lipinski definition) is 3. The Bertz CT molecular complexity index is 634. The third-order valence-corrected chi connectivity index (χ3v) is 5.71. The van der Waals surface area contributed by atoms with Gasteiger partial charge in [0.2, 0.25) is 0 Å². The quantitative estimate of drug-likeness (QED) is 0.572. The lowest BCUT2D eigenvalue weighted by Gasteiger charge is -2.19. The minimum absolute atomic E-state index is 0.165. The topological polar surface area (TPSA) is 25.8 Å². The molecule has 0 aliphatic heterocycles. The molecule has 0 saturated heterocycles. The van der Waals surface area contributed by atoms with Crippen LogP contribution in [0.15, 0.2) is 18.2 Å². The molecule has 1 saturated carbocycles. The summed E-state index contributed by atoms with van der Waals surface area (Å²) in [6.07, 6.45) is 7.46. The van der Waals surface area contributed by atoms with Crippen LogP contribution in [-0.4, -0.2) is 9.59 Å². The first kappa shape index (κ1) is 16.8. The zero-order valence-corrected chi connectivity index (χ0v) is 15.0. The molecule has 3 rings (SSSR count). The standard InChI is InChI=1S/C18H22ClFN2S/c1-2-3-5-12(17-14(19)6-4-7-15(17)20)10-11-16-18(13-8-9-13)21-22-23-16/h4,6-7,12-13H,2-3,5,8-11H2,1H3/t12-/m1/s1. The zero-order chi connectivity index (χ0) is 16.2. The van der Waals surface area contributed by atoms with Crippen molar-refractivity contribution < 1.29 is 4.39 Å². The van der Waals surface area contributed by atoms with Crippen molar-refractivity contribution in [1.29, 1.82) is 0 Å². The summed E-state index contributed by atoms with van der Waals surface area (Å²) in [6, 6.07) is 4.99. The van der Waals surface area contributed by atoms with Crippen LogP contribution in [0.3, 0.4) is 0 Å². The van der Waals surface area contributed by atoms with E-state index in [1.165, 1.54) is 41.0 Å². The molecule has 124 valence electrons. The Balaban J connectivity index is 1.75. The summed E-state index contributed by atoms with van der Waals surface area (Å²) in [6.45, 7) is 2.17. The van der Waals surface area contributed by atoms with Gasteiger partial charge in [0.05, 0.1) is 5.69 Å². The summed E-state index contributed by atoms with van der Waals surface area (Å²) in [5.74, 6) is 0.608. The molecule has 1 aliphatic carbocycles. The van der Waals surface area contributed by atoms with Gasteiger partial charge < -0.3 is 0 Å². The Morgan fingerprint density at radius 2 is 2.17 bits per heavy atom. The summed E-state index contributed by atoms with van der Waals surface area (Å²) >= 11 is 7.79. The third-order valence-electron chi connectivity index (χ3n) is 4.58. The average molecular weight is 353 g/mol. The van der Waals surface area contributed by atoms with Crippen molar-refractivity contribution in [2.24, 2.45) is 0 Å². The number of nitrogens with zero attached hydrogens (tertiary/aromatic N) is 2. The summed E-state index contributed by atoms with van der Waals surface area (Å²) in [4.78, 5) is 1.28. The Morgan fingerprint density at radius 1 is 1.35 bits per heavy atom. The van der Waals surface area contributed by atoms with E-state index in [0.29, 0.717) is 16.5 Å². The Kier molecular flexibility index (Phi) is 5.65. The highest BCUT2D eigenvalue weighted by Crippen LogP contribution is 2.42. The molecule has 23 heavy (non-hydrogen) atoms. The second-order valence-electron chi connectivity index (χ2n) is 6.37. The highest BCUT2D eigenvalue weighted by molar-refractivity contribution is 7.05. The van der Waals surface area contributed by atoms with Gasteiger partial charge in [0.1, 0.15) is 5.82 Å². The summed E-state index contributed by atoms with van der Waals surface area (Å²) < 4.78 is 18.4. The summed E-state index contributed by atoms with van der Waals surface area (Å²) in [5, 5.41) is 4.85. The molecular formula is C18H22ClFN2S. The summed E-state index contributed by atoms with van der Waals surface area (Å²) in [7, 11) is 0. The third kappa shape index (κ3) is 4.10. The van der Waals surface area contributed by atoms with Crippen molar-refractivity contribution >= 4 is 23.1 Å². The van der Waals surface area contributed by atoms with Crippen molar-refractivity contribution in [3.63, 3.8) is 0 Å². The van der Waals surface area contributed by atoms with Crippen LogP contribution in [0.1, 0.15) is 73.4 Å². The van der Waals surface area contributed by atoms with Crippen LogP contribution in [0.25, 0.3) is 0 Å². The minimum atomic E-state index is -0.177. The second kappa shape index (κ2) is 7.71. The fourth-order valence-corrected chi connectivity index (χ4v) is 4.20. The predicted molar refractivity (Wildman–Crippen MR) is 93.9 cm³/mol. The smallest absolute Gasteiger partial charge is 0.128 e. The molecule has 1 aromatic carbocycles. The van der Waals surface area contributed by atoms with Crippen LogP contribution >= 0.6 is 23.1 Å². The van der Waals surface area contributed by atoms with Crippen LogP contribution in [0, 0.1) is 5.82 Å². The first-order chi connectivity index (χ1) is 11.2. The molecule has 1 aromatic heterocycles. The maximum atomic E-state index is 14.3. The van der Waals surface area contributed by atoms with E-state index in [9.17, 15) is 4.39 Å².